The Balaban J connectivity index is 2.27. The molecule has 0 saturated heterocycles. The number of benzene rings is 2. The van der Waals surface area contributed by atoms with Crippen LogP contribution in [0.1, 0.15) is 17.2 Å². The molecule has 5 heteroatoms. The lowest BCUT2D eigenvalue weighted by molar-refractivity contribution is 0.386. The Kier molecular flexibility index (Phi) is 5.45. The number of hydrogen-bond donors (Lipinski definition) is 1. The molecule has 0 aliphatic heterocycles. The minimum atomic E-state index is -0.373. The third-order valence-electron chi connectivity index (χ3n) is 3.36. The Morgan fingerprint density at radius 3 is 2.62 bits per heavy atom. The molecule has 2 aromatic carbocycles. The van der Waals surface area contributed by atoms with Gasteiger partial charge in [-0.3, -0.25) is 0 Å². The maximum Gasteiger partial charge on any atom is 0.165 e. The first-order valence-electron chi connectivity index (χ1n) is 6.50. The monoisotopic (exact) mass is 327 g/mol. The number of halogens is 3. The van der Waals surface area contributed by atoms with E-state index in [4.69, 9.17) is 27.9 Å². The number of rotatable bonds is 5. The van der Waals surface area contributed by atoms with Crippen molar-refractivity contribution in [1.29, 1.82) is 0 Å². The Morgan fingerprint density at radius 2 is 2.00 bits per heavy atom. The molecule has 2 aromatic rings. The van der Waals surface area contributed by atoms with Gasteiger partial charge in [0, 0.05) is 6.04 Å². The SMILES string of the molecule is CNC(Cc1ccc(OC)c(F)c1)c1cccc(Cl)c1Cl. The van der Waals surface area contributed by atoms with Crippen LogP contribution in [0, 0.1) is 5.82 Å². The lowest BCUT2D eigenvalue weighted by Crippen LogP contribution is -2.19. The maximum atomic E-state index is 13.8. The molecular weight excluding hydrogens is 312 g/mol. The Morgan fingerprint density at radius 1 is 1.24 bits per heavy atom. The number of nitrogens with one attached hydrogen (secondary N) is 1. The van der Waals surface area contributed by atoms with Gasteiger partial charge < -0.3 is 10.1 Å². The highest BCUT2D eigenvalue weighted by Gasteiger charge is 2.16. The second kappa shape index (κ2) is 7.12. The number of likely N-dealkylation sites (N-methyl/N-ethyl adjacent to an activating group) is 1. The second-order valence-electron chi connectivity index (χ2n) is 4.66. The van der Waals surface area contributed by atoms with Crippen molar-refractivity contribution in [2.75, 3.05) is 14.2 Å². The van der Waals surface area contributed by atoms with E-state index in [9.17, 15) is 4.39 Å². The van der Waals surface area contributed by atoms with Crippen LogP contribution in [0.5, 0.6) is 5.75 Å². The summed E-state index contributed by atoms with van der Waals surface area (Å²) in [6.45, 7) is 0. The van der Waals surface area contributed by atoms with Gasteiger partial charge in [-0.25, -0.2) is 4.39 Å². The predicted octanol–water partition coefficient (Wildman–Crippen LogP) is 4.64. The van der Waals surface area contributed by atoms with E-state index in [1.54, 1.807) is 12.1 Å². The summed E-state index contributed by atoms with van der Waals surface area (Å²) < 4.78 is 18.7. The maximum absolute atomic E-state index is 13.8. The third kappa shape index (κ3) is 3.67. The van der Waals surface area contributed by atoms with E-state index >= 15 is 0 Å². The highest BCUT2D eigenvalue weighted by molar-refractivity contribution is 6.42. The summed E-state index contributed by atoms with van der Waals surface area (Å²) in [4.78, 5) is 0. The van der Waals surface area contributed by atoms with Crippen molar-refractivity contribution in [1.82, 2.24) is 5.32 Å². The van der Waals surface area contributed by atoms with Gasteiger partial charge in [-0.05, 0) is 42.8 Å². The van der Waals surface area contributed by atoms with Gasteiger partial charge >= 0.3 is 0 Å². The molecule has 0 amide bonds. The molecular formula is C16H16Cl2FNO. The normalized spacial score (nSPS) is 12.2. The highest BCUT2D eigenvalue weighted by Crippen LogP contribution is 2.31. The van der Waals surface area contributed by atoms with E-state index in [0.29, 0.717) is 16.5 Å². The lowest BCUT2D eigenvalue weighted by atomic mass is 9.98. The first kappa shape index (κ1) is 16.1. The van der Waals surface area contributed by atoms with Crippen molar-refractivity contribution in [3.63, 3.8) is 0 Å². The van der Waals surface area contributed by atoms with Crippen molar-refractivity contribution in [3.8, 4) is 5.75 Å². The molecule has 0 saturated carbocycles. The summed E-state index contributed by atoms with van der Waals surface area (Å²) >= 11 is 12.3. The molecule has 0 aliphatic rings. The van der Waals surface area contributed by atoms with Crippen LogP contribution in [0.3, 0.4) is 0 Å². The summed E-state index contributed by atoms with van der Waals surface area (Å²) in [5, 5.41) is 4.22. The van der Waals surface area contributed by atoms with Gasteiger partial charge in [-0.15, -0.1) is 0 Å². The first-order valence-corrected chi connectivity index (χ1v) is 7.26. The molecule has 1 atom stereocenters. The lowest BCUT2D eigenvalue weighted by Gasteiger charge is -2.19. The van der Waals surface area contributed by atoms with Crippen LogP contribution in [0.2, 0.25) is 10.0 Å². The molecule has 1 unspecified atom stereocenters. The summed E-state index contributed by atoms with van der Waals surface area (Å²) in [6, 6.07) is 10.4. The highest BCUT2D eigenvalue weighted by atomic mass is 35.5. The third-order valence-corrected chi connectivity index (χ3v) is 4.19. The van der Waals surface area contributed by atoms with Gasteiger partial charge in [-0.1, -0.05) is 41.4 Å². The number of hydrogen-bond acceptors (Lipinski definition) is 2. The molecule has 0 aliphatic carbocycles. The second-order valence-corrected chi connectivity index (χ2v) is 5.44. The fourth-order valence-corrected chi connectivity index (χ4v) is 2.67. The van der Waals surface area contributed by atoms with E-state index in [1.165, 1.54) is 13.2 Å². The standard InChI is InChI=1S/C16H16Cl2FNO/c1-20-14(11-4-3-5-12(17)16(11)18)9-10-6-7-15(21-2)13(19)8-10/h3-8,14,20H,9H2,1-2H3. The molecule has 2 nitrogen and oxygen atoms in total. The van der Waals surface area contributed by atoms with E-state index in [-0.39, 0.29) is 17.6 Å². The minimum Gasteiger partial charge on any atom is -0.494 e. The fourth-order valence-electron chi connectivity index (χ4n) is 2.23. The molecule has 0 radical (unpaired) electrons. The van der Waals surface area contributed by atoms with Gasteiger partial charge in [0.1, 0.15) is 0 Å². The smallest absolute Gasteiger partial charge is 0.165 e. The average Bonchev–Trinajstić information content (AvgIpc) is 2.48. The Labute approximate surface area is 133 Å². The predicted molar refractivity (Wildman–Crippen MR) is 84.9 cm³/mol. The van der Waals surface area contributed by atoms with Crippen molar-refractivity contribution in [2.24, 2.45) is 0 Å². The quantitative estimate of drug-likeness (QED) is 0.863. The summed E-state index contributed by atoms with van der Waals surface area (Å²) in [6.07, 6.45) is 0.595. The van der Waals surface area contributed by atoms with E-state index in [2.05, 4.69) is 5.32 Å². The largest absolute Gasteiger partial charge is 0.494 e. The van der Waals surface area contributed by atoms with E-state index < -0.39 is 0 Å². The number of ether oxygens (including phenoxy) is 1. The van der Waals surface area contributed by atoms with Crippen LogP contribution in [0.15, 0.2) is 36.4 Å². The van der Waals surface area contributed by atoms with Crippen LogP contribution in [0.25, 0.3) is 0 Å². The van der Waals surface area contributed by atoms with Crippen LogP contribution < -0.4 is 10.1 Å². The molecule has 0 fully saturated rings. The average molecular weight is 328 g/mol. The molecule has 0 spiro atoms. The van der Waals surface area contributed by atoms with Crippen LogP contribution >= 0.6 is 23.2 Å². The summed E-state index contributed by atoms with van der Waals surface area (Å²) in [5.74, 6) is -0.136. The zero-order valence-corrected chi connectivity index (χ0v) is 13.3. The molecule has 112 valence electrons. The Hall–Kier alpha value is -1.29. The van der Waals surface area contributed by atoms with Gasteiger partial charge in [0.05, 0.1) is 17.2 Å². The minimum absolute atomic E-state index is 0.0519. The molecule has 0 aromatic heterocycles. The zero-order chi connectivity index (χ0) is 15.4. The van der Waals surface area contributed by atoms with Gasteiger partial charge in [0.2, 0.25) is 0 Å². The van der Waals surface area contributed by atoms with Gasteiger partial charge in [-0.2, -0.15) is 0 Å². The number of methoxy groups -OCH3 is 1. The van der Waals surface area contributed by atoms with Gasteiger partial charge in [0.25, 0.3) is 0 Å². The van der Waals surface area contributed by atoms with E-state index in [1.807, 2.05) is 25.2 Å². The van der Waals surface area contributed by atoms with Crippen molar-refractivity contribution in [2.45, 2.75) is 12.5 Å². The molecule has 0 heterocycles. The molecule has 2 rings (SSSR count). The summed E-state index contributed by atoms with van der Waals surface area (Å²) in [7, 11) is 3.28. The first-order chi connectivity index (χ1) is 10.1. The topological polar surface area (TPSA) is 21.3 Å². The van der Waals surface area contributed by atoms with Gasteiger partial charge in [0.15, 0.2) is 11.6 Å². The van der Waals surface area contributed by atoms with Crippen LogP contribution in [0.4, 0.5) is 4.39 Å². The van der Waals surface area contributed by atoms with E-state index in [0.717, 1.165) is 11.1 Å². The van der Waals surface area contributed by atoms with Crippen LogP contribution in [-0.4, -0.2) is 14.2 Å². The fraction of sp³-hybridized carbons (Fsp3) is 0.250. The summed E-state index contributed by atoms with van der Waals surface area (Å²) in [5.41, 5.74) is 1.74. The molecule has 1 N–H and O–H groups in total. The molecule has 21 heavy (non-hydrogen) atoms. The van der Waals surface area contributed by atoms with Crippen molar-refractivity contribution >= 4 is 23.2 Å². The van der Waals surface area contributed by atoms with Crippen LogP contribution in [-0.2, 0) is 6.42 Å². The van der Waals surface area contributed by atoms with Crippen molar-refractivity contribution in [3.05, 3.63) is 63.4 Å². The zero-order valence-electron chi connectivity index (χ0n) is 11.8. The molecule has 0 bridgehead atoms. The Bertz CT molecular complexity index is 634. The van der Waals surface area contributed by atoms with Crippen molar-refractivity contribution < 1.29 is 9.13 Å².